The summed E-state index contributed by atoms with van der Waals surface area (Å²) in [6.07, 6.45) is 9.67. The normalized spacial score (nSPS) is 28.3. The maximum atomic E-state index is 13.0. The van der Waals surface area contributed by atoms with Gasteiger partial charge in [0.25, 0.3) is 5.91 Å². The van der Waals surface area contributed by atoms with E-state index >= 15 is 0 Å². The van der Waals surface area contributed by atoms with Gasteiger partial charge in [-0.15, -0.1) is 0 Å². The van der Waals surface area contributed by atoms with Crippen LogP contribution in [0.25, 0.3) is 0 Å². The molecule has 2 atom stereocenters. The fraction of sp³-hybridized carbons (Fsp3) is 0.750. The molecule has 2 saturated heterocycles. The van der Waals surface area contributed by atoms with Gasteiger partial charge in [0.1, 0.15) is 5.69 Å². The summed E-state index contributed by atoms with van der Waals surface area (Å²) in [4.78, 5) is 17.6. The first-order valence-corrected chi connectivity index (χ1v) is 10.1. The number of carbonyl (C=O) groups is 1. The van der Waals surface area contributed by atoms with Gasteiger partial charge in [0.15, 0.2) is 0 Å². The number of nitrogens with zero attached hydrogens (tertiary/aromatic N) is 3. The van der Waals surface area contributed by atoms with Gasteiger partial charge in [0.05, 0.1) is 0 Å². The van der Waals surface area contributed by atoms with Crippen LogP contribution in [0.4, 0.5) is 0 Å². The molecule has 3 fully saturated rings. The molecule has 1 aromatic heterocycles. The van der Waals surface area contributed by atoms with Gasteiger partial charge in [-0.2, -0.15) is 0 Å². The predicted molar refractivity (Wildman–Crippen MR) is 97.6 cm³/mol. The van der Waals surface area contributed by atoms with Crippen molar-refractivity contribution < 1.29 is 9.90 Å². The number of likely N-dealkylation sites (tertiary alicyclic amines) is 2. The quantitative estimate of drug-likeness (QED) is 0.891. The van der Waals surface area contributed by atoms with Gasteiger partial charge < -0.3 is 19.5 Å². The molecule has 0 aromatic carbocycles. The van der Waals surface area contributed by atoms with E-state index in [2.05, 4.69) is 9.47 Å². The molecule has 25 heavy (non-hydrogen) atoms. The van der Waals surface area contributed by atoms with Crippen molar-refractivity contribution in [2.75, 3.05) is 39.3 Å². The second-order valence-electron chi connectivity index (χ2n) is 8.16. The smallest absolute Gasteiger partial charge is 0.270 e. The average molecular weight is 345 g/mol. The Bertz CT molecular complexity index is 588. The SMILES string of the molecule is O=C(c1cccn1C1CC1)N1C[C@@H](CO)[C@@H](CN2CCCCCC2)C1. The van der Waals surface area contributed by atoms with Crippen molar-refractivity contribution in [1.82, 2.24) is 14.4 Å². The Morgan fingerprint density at radius 2 is 1.80 bits per heavy atom. The van der Waals surface area contributed by atoms with Crippen molar-refractivity contribution in [2.45, 2.75) is 44.6 Å². The number of hydrogen-bond acceptors (Lipinski definition) is 3. The van der Waals surface area contributed by atoms with Crippen LogP contribution >= 0.6 is 0 Å². The first-order valence-electron chi connectivity index (χ1n) is 10.1. The van der Waals surface area contributed by atoms with Gasteiger partial charge >= 0.3 is 0 Å². The van der Waals surface area contributed by atoms with Crippen molar-refractivity contribution in [3.8, 4) is 0 Å². The van der Waals surface area contributed by atoms with E-state index in [0.29, 0.717) is 18.5 Å². The fourth-order valence-electron chi connectivity index (χ4n) is 4.58. The zero-order valence-corrected chi connectivity index (χ0v) is 15.1. The summed E-state index contributed by atoms with van der Waals surface area (Å²) < 4.78 is 2.15. The molecule has 4 rings (SSSR count). The topological polar surface area (TPSA) is 48.7 Å². The minimum absolute atomic E-state index is 0.147. The van der Waals surface area contributed by atoms with Crippen molar-refractivity contribution in [2.24, 2.45) is 11.8 Å². The van der Waals surface area contributed by atoms with Crippen LogP contribution in [0, 0.1) is 11.8 Å². The molecule has 5 nitrogen and oxygen atoms in total. The Morgan fingerprint density at radius 3 is 2.48 bits per heavy atom. The van der Waals surface area contributed by atoms with Crippen LogP contribution in [0.3, 0.4) is 0 Å². The first-order chi connectivity index (χ1) is 12.3. The Labute approximate surface area is 150 Å². The van der Waals surface area contributed by atoms with Crippen LogP contribution in [0.1, 0.15) is 55.1 Å². The first kappa shape index (κ1) is 17.1. The molecular formula is C20H31N3O2. The van der Waals surface area contributed by atoms with Gasteiger partial charge in [0.2, 0.25) is 0 Å². The van der Waals surface area contributed by atoms with Gasteiger partial charge in [0, 0.05) is 44.4 Å². The van der Waals surface area contributed by atoms with E-state index in [1.807, 2.05) is 23.2 Å². The molecule has 5 heteroatoms. The van der Waals surface area contributed by atoms with Crippen LogP contribution in [-0.4, -0.2) is 64.7 Å². The monoisotopic (exact) mass is 345 g/mol. The Balaban J connectivity index is 1.41. The van der Waals surface area contributed by atoms with Crippen LogP contribution in [0.5, 0.6) is 0 Å². The number of aromatic nitrogens is 1. The van der Waals surface area contributed by atoms with Crippen LogP contribution < -0.4 is 0 Å². The minimum atomic E-state index is 0.147. The largest absolute Gasteiger partial charge is 0.396 e. The molecule has 3 aliphatic rings. The molecule has 0 radical (unpaired) electrons. The van der Waals surface area contributed by atoms with Crippen LogP contribution in [0.15, 0.2) is 18.3 Å². The number of aliphatic hydroxyl groups excluding tert-OH is 1. The molecule has 3 heterocycles. The number of hydrogen-bond donors (Lipinski definition) is 1. The van der Waals surface area contributed by atoms with Crippen LogP contribution in [-0.2, 0) is 0 Å². The van der Waals surface area contributed by atoms with E-state index in [-0.39, 0.29) is 18.4 Å². The van der Waals surface area contributed by atoms with E-state index in [0.717, 1.165) is 18.8 Å². The van der Waals surface area contributed by atoms with Crippen molar-refractivity contribution in [1.29, 1.82) is 0 Å². The molecule has 1 saturated carbocycles. The van der Waals surface area contributed by atoms with Gasteiger partial charge in [-0.05, 0) is 56.8 Å². The predicted octanol–water partition coefficient (Wildman–Crippen LogP) is 2.38. The third kappa shape index (κ3) is 3.77. The van der Waals surface area contributed by atoms with Crippen molar-refractivity contribution in [3.63, 3.8) is 0 Å². The standard InChI is InChI=1S/C20H31N3O2/c24-15-17-14-22(13-16(17)12-21-9-3-1-2-4-10-21)20(25)19-6-5-11-23(19)18-7-8-18/h5-6,11,16-18,24H,1-4,7-10,12-15H2/t16-,17-/m0/s1. The third-order valence-electron chi connectivity index (χ3n) is 6.23. The van der Waals surface area contributed by atoms with Crippen LogP contribution in [0.2, 0.25) is 0 Å². The van der Waals surface area contributed by atoms with E-state index < -0.39 is 0 Å². The lowest BCUT2D eigenvalue weighted by Crippen LogP contribution is -2.35. The van der Waals surface area contributed by atoms with Gasteiger partial charge in [-0.1, -0.05) is 12.8 Å². The Morgan fingerprint density at radius 1 is 1.08 bits per heavy atom. The van der Waals surface area contributed by atoms with E-state index in [9.17, 15) is 9.90 Å². The van der Waals surface area contributed by atoms with Gasteiger partial charge in [-0.25, -0.2) is 0 Å². The zero-order valence-electron chi connectivity index (χ0n) is 15.1. The molecule has 1 N–H and O–H groups in total. The second-order valence-corrected chi connectivity index (χ2v) is 8.16. The summed E-state index contributed by atoms with van der Waals surface area (Å²) in [6, 6.07) is 4.47. The highest BCUT2D eigenvalue weighted by atomic mass is 16.3. The summed E-state index contributed by atoms with van der Waals surface area (Å²) in [5.41, 5.74) is 0.828. The minimum Gasteiger partial charge on any atom is -0.396 e. The highest BCUT2D eigenvalue weighted by molar-refractivity contribution is 5.93. The Hall–Kier alpha value is -1.33. The highest BCUT2D eigenvalue weighted by Crippen LogP contribution is 2.36. The van der Waals surface area contributed by atoms with Crippen molar-refractivity contribution >= 4 is 5.91 Å². The summed E-state index contributed by atoms with van der Waals surface area (Å²) >= 11 is 0. The maximum absolute atomic E-state index is 13.0. The fourth-order valence-corrected chi connectivity index (χ4v) is 4.58. The lowest BCUT2D eigenvalue weighted by Gasteiger charge is -2.26. The molecule has 0 unspecified atom stereocenters. The molecule has 1 amide bonds. The Kier molecular flexibility index (Phi) is 5.13. The van der Waals surface area contributed by atoms with E-state index in [1.165, 1.54) is 51.6 Å². The van der Waals surface area contributed by atoms with Gasteiger partial charge in [-0.3, -0.25) is 4.79 Å². The number of carbonyl (C=O) groups excluding carboxylic acids is 1. The average Bonchev–Trinajstić information content (AvgIpc) is 3.29. The molecule has 1 aliphatic carbocycles. The molecular weight excluding hydrogens is 314 g/mol. The maximum Gasteiger partial charge on any atom is 0.270 e. The number of rotatable bonds is 5. The van der Waals surface area contributed by atoms with E-state index in [4.69, 9.17) is 0 Å². The van der Waals surface area contributed by atoms with Crippen molar-refractivity contribution in [3.05, 3.63) is 24.0 Å². The summed E-state index contributed by atoms with van der Waals surface area (Å²) in [7, 11) is 0. The molecule has 1 aromatic rings. The summed E-state index contributed by atoms with van der Waals surface area (Å²) in [5, 5.41) is 9.84. The third-order valence-corrected chi connectivity index (χ3v) is 6.23. The van der Waals surface area contributed by atoms with E-state index in [1.54, 1.807) is 0 Å². The molecule has 0 spiro atoms. The number of amides is 1. The number of aliphatic hydroxyl groups is 1. The zero-order chi connectivity index (χ0) is 17.2. The summed E-state index contributed by atoms with van der Waals surface area (Å²) in [5.74, 6) is 0.765. The molecule has 2 aliphatic heterocycles. The summed E-state index contributed by atoms with van der Waals surface area (Å²) in [6.45, 7) is 5.05. The molecule has 138 valence electrons. The second kappa shape index (κ2) is 7.50. The lowest BCUT2D eigenvalue weighted by atomic mass is 9.96. The highest BCUT2D eigenvalue weighted by Gasteiger charge is 2.37. The lowest BCUT2D eigenvalue weighted by molar-refractivity contribution is 0.0768. The molecule has 0 bridgehead atoms.